The van der Waals surface area contributed by atoms with Crippen molar-refractivity contribution in [2.75, 3.05) is 0 Å². The number of carboxylic acids is 3. The van der Waals surface area contributed by atoms with E-state index in [1.165, 1.54) is 18.2 Å². The number of phenols is 3. The van der Waals surface area contributed by atoms with Crippen LogP contribution in [-0.4, -0.2) is 48.5 Å². The minimum Gasteiger partial charge on any atom is -0.507 e. The largest absolute Gasteiger partial charge is 0.507 e. The lowest BCUT2D eigenvalue weighted by atomic mass is 9.94. The van der Waals surface area contributed by atoms with Gasteiger partial charge in [-0.1, -0.05) is 54.6 Å². The molecule has 0 unspecified atom stereocenters. The van der Waals surface area contributed by atoms with Crippen LogP contribution in [0.15, 0.2) is 109 Å². The number of benzene rings is 6. The SMILES string of the molecule is O=C(O)c1ccccc1-c1cc2c(O)c(c1)COCc1cc(-c3ccccc3C(=O)O)cc(c1O)COCc1cc(-c3ccccc3C(=O)O)cc(c1O)COC2. The normalized spacial score (nSPS) is 13.3. The van der Waals surface area contributed by atoms with E-state index in [0.717, 1.165) is 0 Å². The minimum atomic E-state index is -1.15. The van der Waals surface area contributed by atoms with Gasteiger partial charge in [0, 0.05) is 33.4 Å². The molecule has 6 bridgehead atoms. The van der Waals surface area contributed by atoms with Gasteiger partial charge in [0.15, 0.2) is 0 Å². The van der Waals surface area contributed by atoms with Crippen LogP contribution >= 0.6 is 0 Å². The second-order valence-corrected chi connectivity index (χ2v) is 13.5. The lowest BCUT2D eigenvalue weighted by Gasteiger charge is -2.19. The summed E-state index contributed by atoms with van der Waals surface area (Å²) in [5, 5.41) is 64.5. The fraction of sp³-hybridized carbons (Fsp3) is 0.133. The van der Waals surface area contributed by atoms with E-state index < -0.39 is 17.9 Å². The summed E-state index contributed by atoms with van der Waals surface area (Å²) in [5.74, 6) is -3.97. The molecule has 57 heavy (non-hydrogen) atoms. The van der Waals surface area contributed by atoms with Crippen molar-refractivity contribution in [3.8, 4) is 50.6 Å². The lowest BCUT2D eigenvalue weighted by molar-refractivity contribution is 0.0687. The third-order valence-corrected chi connectivity index (χ3v) is 9.75. The Morgan fingerprint density at radius 3 is 0.789 bits per heavy atom. The zero-order valence-electron chi connectivity index (χ0n) is 30.3. The monoisotopic (exact) mass is 768 g/mol. The van der Waals surface area contributed by atoms with Crippen LogP contribution in [0, 0.1) is 0 Å². The molecule has 0 spiro atoms. The van der Waals surface area contributed by atoms with Gasteiger partial charge in [-0.3, -0.25) is 0 Å². The smallest absolute Gasteiger partial charge is 0.336 e. The molecule has 1 heterocycles. The molecule has 0 saturated carbocycles. The van der Waals surface area contributed by atoms with Crippen molar-refractivity contribution >= 4 is 17.9 Å². The maximum absolute atomic E-state index is 12.2. The highest BCUT2D eigenvalue weighted by molar-refractivity contribution is 5.97. The molecule has 0 aliphatic carbocycles. The van der Waals surface area contributed by atoms with Crippen molar-refractivity contribution in [3.05, 3.63) is 159 Å². The maximum atomic E-state index is 12.2. The highest BCUT2D eigenvalue weighted by Crippen LogP contribution is 2.38. The molecule has 288 valence electrons. The van der Waals surface area contributed by atoms with E-state index in [1.807, 2.05) is 0 Å². The molecule has 6 aromatic carbocycles. The summed E-state index contributed by atoms with van der Waals surface area (Å²) in [6.45, 7) is -1.09. The van der Waals surface area contributed by atoms with Gasteiger partial charge in [0.1, 0.15) is 17.2 Å². The molecule has 0 atom stereocenters. The van der Waals surface area contributed by atoms with Crippen LogP contribution in [0.5, 0.6) is 17.2 Å². The lowest BCUT2D eigenvalue weighted by Crippen LogP contribution is -2.05. The molecule has 12 nitrogen and oxygen atoms in total. The van der Waals surface area contributed by atoms with Gasteiger partial charge in [-0.15, -0.1) is 0 Å². The van der Waals surface area contributed by atoms with E-state index >= 15 is 0 Å². The number of carboxylic acid groups (broad SMARTS) is 3. The van der Waals surface area contributed by atoms with Crippen molar-refractivity contribution in [3.63, 3.8) is 0 Å². The first-order valence-electron chi connectivity index (χ1n) is 17.8. The van der Waals surface area contributed by atoms with Gasteiger partial charge < -0.3 is 44.8 Å². The fourth-order valence-corrected chi connectivity index (χ4v) is 6.98. The topological polar surface area (TPSA) is 200 Å². The first kappa shape index (κ1) is 38.3. The molecule has 12 heteroatoms. The Balaban J connectivity index is 1.37. The number of phenolic OH excluding ortho intramolecular Hbond substituents is 3. The maximum Gasteiger partial charge on any atom is 0.336 e. The van der Waals surface area contributed by atoms with E-state index in [4.69, 9.17) is 14.2 Å². The molecule has 6 N–H and O–H groups in total. The molecule has 0 fully saturated rings. The molecular formula is C45H36O12. The standard InChI is InChI=1S/C45H36O12/c46-40-28-13-25(34-7-1-4-10-37(34)43(49)50)14-29(40)20-56-22-31-16-27(36-9-3-6-12-39(36)45(53)54)18-33(42(31)48)24-57-23-32-17-26(15-30(41(32)47)21-55-19-28)35-8-2-5-11-38(35)44(51)52/h1-18,46-48H,19-24H2,(H,49,50)(H,51,52)(H,53,54). The van der Waals surface area contributed by atoms with Gasteiger partial charge >= 0.3 is 17.9 Å². The van der Waals surface area contributed by atoms with Crippen LogP contribution in [-0.2, 0) is 53.9 Å². The van der Waals surface area contributed by atoms with Crippen molar-refractivity contribution in [2.24, 2.45) is 0 Å². The van der Waals surface area contributed by atoms with Crippen molar-refractivity contribution in [1.29, 1.82) is 0 Å². The average Bonchev–Trinajstić information content (AvgIpc) is 3.20. The number of ether oxygens (including phenoxy) is 3. The van der Waals surface area contributed by atoms with E-state index in [1.54, 1.807) is 91.0 Å². The third-order valence-electron chi connectivity index (χ3n) is 9.75. The summed E-state index contributed by atoms with van der Waals surface area (Å²) in [6, 6.07) is 28.9. The molecule has 0 saturated heterocycles. The van der Waals surface area contributed by atoms with Crippen LogP contribution in [0.25, 0.3) is 33.4 Å². The zero-order chi connectivity index (χ0) is 40.2. The first-order chi connectivity index (χ1) is 27.5. The van der Waals surface area contributed by atoms with Gasteiger partial charge in [-0.05, 0) is 88.0 Å². The molecule has 6 aromatic rings. The molecule has 0 radical (unpaired) electrons. The van der Waals surface area contributed by atoms with Crippen LogP contribution in [0.2, 0.25) is 0 Å². The number of rotatable bonds is 6. The zero-order valence-corrected chi connectivity index (χ0v) is 30.3. The van der Waals surface area contributed by atoms with E-state index in [9.17, 15) is 45.0 Å². The van der Waals surface area contributed by atoms with E-state index in [-0.39, 0.29) is 73.6 Å². The Morgan fingerprint density at radius 2 is 0.579 bits per heavy atom. The fourth-order valence-electron chi connectivity index (χ4n) is 6.98. The van der Waals surface area contributed by atoms with Crippen LogP contribution in [0.1, 0.15) is 64.5 Å². The summed E-state index contributed by atoms with van der Waals surface area (Å²) in [6.07, 6.45) is 0. The number of hydrogen-bond acceptors (Lipinski definition) is 9. The molecule has 0 aromatic heterocycles. The van der Waals surface area contributed by atoms with Crippen LogP contribution in [0.3, 0.4) is 0 Å². The minimum absolute atomic E-state index is 0.0328. The second kappa shape index (κ2) is 16.4. The Hall–Kier alpha value is -6.99. The van der Waals surface area contributed by atoms with Gasteiger partial charge in [0.25, 0.3) is 0 Å². The van der Waals surface area contributed by atoms with Gasteiger partial charge in [0.2, 0.25) is 0 Å². The third kappa shape index (κ3) is 8.05. The number of fused-ring (bicyclic) bond motifs is 6. The number of carbonyl (C=O) groups is 3. The molecule has 7 rings (SSSR count). The Bertz CT molecular complexity index is 2190. The summed E-state index contributed by atoms with van der Waals surface area (Å²) in [5.41, 5.74) is 4.39. The number of aromatic carboxylic acids is 3. The van der Waals surface area contributed by atoms with Crippen molar-refractivity contribution < 1.29 is 59.2 Å². The van der Waals surface area contributed by atoms with Crippen LogP contribution in [0.4, 0.5) is 0 Å². The Morgan fingerprint density at radius 1 is 0.368 bits per heavy atom. The van der Waals surface area contributed by atoms with Crippen molar-refractivity contribution in [2.45, 2.75) is 39.6 Å². The predicted octanol–water partition coefficient (Wildman–Crippen LogP) is 8.36. The molecular weight excluding hydrogens is 732 g/mol. The first-order valence-corrected chi connectivity index (χ1v) is 17.8. The highest BCUT2D eigenvalue weighted by atomic mass is 16.5. The summed E-state index contributed by atoms with van der Waals surface area (Å²) in [7, 11) is 0. The number of aromatic hydroxyl groups is 3. The second-order valence-electron chi connectivity index (χ2n) is 13.5. The van der Waals surface area contributed by atoms with Gasteiger partial charge in [-0.2, -0.15) is 0 Å². The average molecular weight is 769 g/mol. The molecule has 0 amide bonds. The number of hydrogen-bond donors (Lipinski definition) is 6. The predicted molar refractivity (Wildman–Crippen MR) is 207 cm³/mol. The summed E-state index contributed by atoms with van der Waals surface area (Å²) in [4.78, 5) is 36.6. The van der Waals surface area contributed by atoms with E-state index in [0.29, 0.717) is 66.8 Å². The summed E-state index contributed by atoms with van der Waals surface area (Å²) >= 11 is 0. The van der Waals surface area contributed by atoms with Crippen LogP contribution < -0.4 is 0 Å². The summed E-state index contributed by atoms with van der Waals surface area (Å²) < 4.78 is 18.2. The van der Waals surface area contributed by atoms with Gasteiger partial charge in [0.05, 0.1) is 56.3 Å². The van der Waals surface area contributed by atoms with Gasteiger partial charge in [-0.25, -0.2) is 14.4 Å². The quantitative estimate of drug-likeness (QED) is 0.0947. The highest BCUT2D eigenvalue weighted by Gasteiger charge is 2.21. The van der Waals surface area contributed by atoms with Crippen molar-refractivity contribution in [1.82, 2.24) is 0 Å². The Labute approximate surface area is 326 Å². The molecule has 1 aliphatic rings. The van der Waals surface area contributed by atoms with E-state index in [2.05, 4.69) is 0 Å². The Kier molecular flexibility index (Phi) is 11.0. The molecule has 1 aliphatic heterocycles.